The maximum absolute atomic E-state index is 13.3. The van der Waals surface area contributed by atoms with Crippen molar-refractivity contribution in [3.63, 3.8) is 0 Å². The number of thiophene rings is 1. The number of rotatable bonds is 4. The van der Waals surface area contributed by atoms with Crippen molar-refractivity contribution in [2.75, 3.05) is 13.1 Å². The van der Waals surface area contributed by atoms with Crippen molar-refractivity contribution in [2.45, 2.75) is 46.7 Å². The summed E-state index contributed by atoms with van der Waals surface area (Å²) >= 11 is 1.64. The number of aryl methyl sites for hydroxylation is 3. The van der Waals surface area contributed by atoms with Crippen LogP contribution in [0.3, 0.4) is 0 Å². The summed E-state index contributed by atoms with van der Waals surface area (Å²) in [6.45, 7) is 9.73. The molecule has 1 fully saturated rings. The summed E-state index contributed by atoms with van der Waals surface area (Å²) in [6.07, 6.45) is 2.48. The molecule has 0 unspecified atom stereocenters. The third kappa shape index (κ3) is 3.21. The van der Waals surface area contributed by atoms with Crippen molar-refractivity contribution in [1.29, 1.82) is 0 Å². The van der Waals surface area contributed by atoms with E-state index >= 15 is 0 Å². The second-order valence-electron chi connectivity index (χ2n) is 7.35. The molecule has 0 atom stereocenters. The van der Waals surface area contributed by atoms with Gasteiger partial charge in [0, 0.05) is 4.88 Å². The van der Waals surface area contributed by atoms with Gasteiger partial charge in [-0.25, -0.2) is 4.98 Å². The summed E-state index contributed by atoms with van der Waals surface area (Å²) in [5.41, 5.74) is 3.56. The van der Waals surface area contributed by atoms with Crippen LogP contribution < -0.4 is 5.56 Å². The van der Waals surface area contributed by atoms with E-state index < -0.39 is 0 Å². The Hall–Kier alpha value is -1.98. The van der Waals surface area contributed by atoms with Crippen LogP contribution in [0.15, 0.2) is 29.1 Å². The standard InChI is InChI=1S/C21H25N3OS/c1-14-6-8-17(9-7-14)12-24-18(13-23-10-4-5-11-23)22-20-19(21(24)25)15(2)16(3)26-20/h6-9H,4-5,10-13H2,1-3H3. The quantitative estimate of drug-likeness (QED) is 0.699. The van der Waals surface area contributed by atoms with Crippen LogP contribution in [0, 0.1) is 20.8 Å². The van der Waals surface area contributed by atoms with E-state index in [-0.39, 0.29) is 5.56 Å². The Bertz CT molecular complexity index is 995. The van der Waals surface area contributed by atoms with Gasteiger partial charge in [0.25, 0.3) is 5.56 Å². The molecular formula is C21H25N3OS. The van der Waals surface area contributed by atoms with Crippen molar-refractivity contribution in [1.82, 2.24) is 14.5 Å². The first-order valence-corrected chi connectivity index (χ1v) is 10.1. The molecule has 2 aromatic heterocycles. The summed E-state index contributed by atoms with van der Waals surface area (Å²) in [6, 6.07) is 8.42. The molecular weight excluding hydrogens is 342 g/mol. The molecule has 0 saturated carbocycles. The second kappa shape index (κ2) is 6.97. The molecule has 0 spiro atoms. The lowest BCUT2D eigenvalue weighted by atomic mass is 10.1. The molecule has 3 heterocycles. The first-order valence-electron chi connectivity index (χ1n) is 9.30. The maximum atomic E-state index is 13.3. The predicted molar refractivity (Wildman–Crippen MR) is 108 cm³/mol. The SMILES string of the molecule is Cc1ccc(Cn2c(CN3CCCC3)nc3sc(C)c(C)c3c2=O)cc1. The number of aromatic nitrogens is 2. The molecule has 0 aliphatic carbocycles. The van der Waals surface area contributed by atoms with Gasteiger partial charge in [-0.05, 0) is 57.8 Å². The molecule has 1 saturated heterocycles. The lowest BCUT2D eigenvalue weighted by Crippen LogP contribution is -2.30. The Morgan fingerprint density at radius 1 is 1.04 bits per heavy atom. The van der Waals surface area contributed by atoms with E-state index in [0.29, 0.717) is 6.54 Å². The second-order valence-corrected chi connectivity index (χ2v) is 8.55. The van der Waals surface area contributed by atoms with E-state index in [2.05, 4.69) is 43.0 Å². The van der Waals surface area contributed by atoms with Crippen LogP contribution in [-0.2, 0) is 13.1 Å². The molecule has 5 heteroatoms. The zero-order valence-corrected chi connectivity index (χ0v) is 16.5. The van der Waals surface area contributed by atoms with Crippen molar-refractivity contribution < 1.29 is 0 Å². The highest BCUT2D eigenvalue weighted by molar-refractivity contribution is 7.18. The van der Waals surface area contributed by atoms with Crippen LogP contribution in [0.2, 0.25) is 0 Å². The van der Waals surface area contributed by atoms with Crippen LogP contribution in [0.4, 0.5) is 0 Å². The third-order valence-electron chi connectivity index (χ3n) is 5.39. The van der Waals surface area contributed by atoms with Crippen molar-refractivity contribution in [2.24, 2.45) is 0 Å². The van der Waals surface area contributed by atoms with Gasteiger partial charge in [-0.3, -0.25) is 14.3 Å². The Kier molecular flexibility index (Phi) is 4.67. The van der Waals surface area contributed by atoms with Gasteiger partial charge in [-0.1, -0.05) is 29.8 Å². The molecule has 3 aromatic rings. The molecule has 4 nitrogen and oxygen atoms in total. The first kappa shape index (κ1) is 17.4. The summed E-state index contributed by atoms with van der Waals surface area (Å²) in [5, 5.41) is 0.796. The number of hydrogen-bond acceptors (Lipinski definition) is 4. The van der Waals surface area contributed by atoms with Crippen molar-refractivity contribution >= 4 is 21.6 Å². The number of benzene rings is 1. The summed E-state index contributed by atoms with van der Waals surface area (Å²) in [5.74, 6) is 0.895. The van der Waals surface area contributed by atoms with E-state index in [0.717, 1.165) is 46.8 Å². The normalized spacial score (nSPS) is 15.2. The van der Waals surface area contributed by atoms with E-state index in [1.54, 1.807) is 11.3 Å². The number of fused-ring (bicyclic) bond motifs is 1. The van der Waals surface area contributed by atoms with E-state index in [1.165, 1.54) is 23.3 Å². The van der Waals surface area contributed by atoms with Crippen LogP contribution in [0.25, 0.3) is 10.2 Å². The minimum absolute atomic E-state index is 0.103. The number of nitrogens with zero attached hydrogens (tertiary/aromatic N) is 3. The topological polar surface area (TPSA) is 38.1 Å². The average molecular weight is 368 g/mol. The Labute approximate surface area is 158 Å². The van der Waals surface area contributed by atoms with Gasteiger partial charge in [0.15, 0.2) is 0 Å². The highest BCUT2D eigenvalue weighted by Crippen LogP contribution is 2.27. The molecule has 0 bridgehead atoms. The van der Waals surface area contributed by atoms with Crippen LogP contribution >= 0.6 is 11.3 Å². The van der Waals surface area contributed by atoms with Gasteiger partial charge < -0.3 is 0 Å². The van der Waals surface area contributed by atoms with E-state index in [1.807, 2.05) is 11.5 Å². The Morgan fingerprint density at radius 3 is 2.42 bits per heavy atom. The largest absolute Gasteiger partial charge is 0.296 e. The lowest BCUT2D eigenvalue weighted by Gasteiger charge is -2.18. The van der Waals surface area contributed by atoms with Gasteiger partial charge >= 0.3 is 0 Å². The lowest BCUT2D eigenvalue weighted by molar-refractivity contribution is 0.315. The molecule has 4 rings (SSSR count). The molecule has 0 radical (unpaired) electrons. The van der Waals surface area contributed by atoms with Crippen molar-refractivity contribution in [3.05, 3.63) is 62.0 Å². The molecule has 0 amide bonds. The minimum Gasteiger partial charge on any atom is -0.296 e. The van der Waals surface area contributed by atoms with Crippen LogP contribution in [0.1, 0.15) is 40.2 Å². The Balaban J connectivity index is 1.83. The summed E-state index contributed by atoms with van der Waals surface area (Å²) in [4.78, 5) is 22.8. The Morgan fingerprint density at radius 2 is 1.73 bits per heavy atom. The highest BCUT2D eigenvalue weighted by Gasteiger charge is 2.20. The summed E-state index contributed by atoms with van der Waals surface area (Å²) < 4.78 is 1.89. The van der Waals surface area contributed by atoms with E-state index in [4.69, 9.17) is 4.98 Å². The number of likely N-dealkylation sites (tertiary alicyclic amines) is 1. The maximum Gasteiger partial charge on any atom is 0.262 e. The highest BCUT2D eigenvalue weighted by atomic mass is 32.1. The number of hydrogen-bond donors (Lipinski definition) is 0. The zero-order valence-electron chi connectivity index (χ0n) is 15.7. The molecule has 1 aromatic carbocycles. The van der Waals surface area contributed by atoms with E-state index in [9.17, 15) is 4.79 Å². The molecule has 26 heavy (non-hydrogen) atoms. The van der Waals surface area contributed by atoms with Crippen LogP contribution in [0.5, 0.6) is 0 Å². The fourth-order valence-corrected chi connectivity index (χ4v) is 4.71. The zero-order chi connectivity index (χ0) is 18.3. The molecule has 136 valence electrons. The van der Waals surface area contributed by atoms with Crippen molar-refractivity contribution in [3.8, 4) is 0 Å². The fourth-order valence-electron chi connectivity index (χ4n) is 3.67. The molecule has 1 aliphatic rings. The molecule has 1 aliphatic heterocycles. The smallest absolute Gasteiger partial charge is 0.262 e. The third-order valence-corrected chi connectivity index (χ3v) is 6.49. The minimum atomic E-state index is 0.103. The van der Waals surface area contributed by atoms with Gasteiger partial charge in [-0.2, -0.15) is 0 Å². The average Bonchev–Trinajstić information content (AvgIpc) is 3.22. The van der Waals surface area contributed by atoms with Gasteiger partial charge in [0.05, 0.1) is 18.5 Å². The first-order chi connectivity index (χ1) is 12.5. The van der Waals surface area contributed by atoms with Gasteiger partial charge in [0.1, 0.15) is 10.7 Å². The fraction of sp³-hybridized carbons (Fsp3) is 0.429. The monoisotopic (exact) mass is 367 g/mol. The van der Waals surface area contributed by atoms with Gasteiger partial charge in [0.2, 0.25) is 0 Å². The van der Waals surface area contributed by atoms with Gasteiger partial charge in [-0.15, -0.1) is 11.3 Å². The predicted octanol–water partition coefficient (Wildman–Crippen LogP) is 4.03. The summed E-state index contributed by atoms with van der Waals surface area (Å²) in [7, 11) is 0. The molecule has 0 N–H and O–H groups in total. The van der Waals surface area contributed by atoms with Crippen LogP contribution in [-0.4, -0.2) is 27.5 Å².